The molecular weight excluding hydrogens is 364 g/mol. The number of benzene rings is 2. The monoisotopic (exact) mass is 382 g/mol. The molecule has 1 amide bonds. The quantitative estimate of drug-likeness (QED) is 0.699. The van der Waals surface area contributed by atoms with Crippen molar-refractivity contribution in [3.05, 3.63) is 70.2 Å². The zero-order valence-corrected chi connectivity index (χ0v) is 15.5. The van der Waals surface area contributed by atoms with Gasteiger partial charge in [0.05, 0.1) is 6.04 Å². The van der Waals surface area contributed by atoms with E-state index in [0.29, 0.717) is 22.9 Å². The molecule has 4 rings (SSSR count). The molecule has 7 heteroatoms. The second-order valence-corrected chi connectivity index (χ2v) is 6.98. The summed E-state index contributed by atoms with van der Waals surface area (Å²) >= 11 is 1.39. The van der Waals surface area contributed by atoms with Gasteiger partial charge in [-0.05, 0) is 24.6 Å². The van der Waals surface area contributed by atoms with E-state index in [-0.39, 0.29) is 25.3 Å². The molecule has 1 aromatic heterocycles. The maximum atomic E-state index is 12.4. The summed E-state index contributed by atoms with van der Waals surface area (Å²) in [6.45, 7) is 2.46. The van der Waals surface area contributed by atoms with Crippen LogP contribution >= 0.6 is 11.3 Å². The number of thiazole rings is 1. The van der Waals surface area contributed by atoms with Crippen LogP contribution in [0.1, 0.15) is 34.0 Å². The van der Waals surface area contributed by atoms with Crippen molar-refractivity contribution in [2.45, 2.75) is 19.6 Å². The number of nitrogens with zero attached hydrogens (tertiary/aromatic N) is 1. The Balaban J connectivity index is 1.34. The standard InChI is InChI=1S/C20H18N2O4S/c1-13(14-5-3-2-4-6-14)21-20(23)16-11-27-19(22-16)10-24-15-7-8-17-18(9-15)26-12-25-17/h2-9,11,13H,10,12H2,1H3,(H,21,23). The predicted octanol–water partition coefficient (Wildman–Crippen LogP) is 3.94. The van der Waals surface area contributed by atoms with Gasteiger partial charge in [0.25, 0.3) is 5.91 Å². The normalized spacial score (nSPS) is 13.2. The van der Waals surface area contributed by atoms with Crippen LogP contribution in [0.15, 0.2) is 53.9 Å². The molecule has 1 aliphatic rings. The molecule has 1 N–H and O–H groups in total. The van der Waals surface area contributed by atoms with Gasteiger partial charge >= 0.3 is 0 Å². The highest BCUT2D eigenvalue weighted by molar-refractivity contribution is 7.09. The molecule has 0 fully saturated rings. The molecule has 1 unspecified atom stereocenters. The Morgan fingerprint density at radius 3 is 2.89 bits per heavy atom. The van der Waals surface area contributed by atoms with Crippen molar-refractivity contribution >= 4 is 17.2 Å². The highest BCUT2D eigenvalue weighted by Gasteiger charge is 2.16. The number of ether oxygens (including phenoxy) is 3. The molecule has 3 aromatic rings. The van der Waals surface area contributed by atoms with Crippen molar-refractivity contribution in [1.29, 1.82) is 0 Å². The van der Waals surface area contributed by atoms with E-state index in [1.807, 2.05) is 49.4 Å². The van der Waals surface area contributed by atoms with E-state index >= 15 is 0 Å². The molecule has 0 spiro atoms. The summed E-state index contributed by atoms with van der Waals surface area (Å²) in [5.74, 6) is 1.85. The van der Waals surface area contributed by atoms with E-state index in [0.717, 1.165) is 10.6 Å². The smallest absolute Gasteiger partial charge is 0.271 e. The van der Waals surface area contributed by atoms with Gasteiger partial charge in [0.1, 0.15) is 23.1 Å². The Bertz CT molecular complexity index is 942. The minimum atomic E-state index is -0.197. The van der Waals surface area contributed by atoms with Gasteiger partial charge in [-0.1, -0.05) is 30.3 Å². The molecule has 0 radical (unpaired) electrons. The van der Waals surface area contributed by atoms with E-state index in [1.54, 1.807) is 11.4 Å². The Labute approximate surface area is 160 Å². The third-order valence-electron chi connectivity index (χ3n) is 4.14. The second kappa shape index (κ2) is 7.67. The molecule has 2 aromatic carbocycles. The van der Waals surface area contributed by atoms with Crippen molar-refractivity contribution in [3.63, 3.8) is 0 Å². The second-order valence-electron chi connectivity index (χ2n) is 6.04. The summed E-state index contributed by atoms with van der Waals surface area (Å²) in [6, 6.07) is 15.1. The first-order valence-corrected chi connectivity index (χ1v) is 9.39. The Kier molecular flexibility index (Phi) is 4.93. The van der Waals surface area contributed by atoms with Gasteiger partial charge in [0.15, 0.2) is 11.5 Å². The van der Waals surface area contributed by atoms with Gasteiger partial charge in [-0.3, -0.25) is 4.79 Å². The topological polar surface area (TPSA) is 69.7 Å². The summed E-state index contributed by atoms with van der Waals surface area (Å²) in [4.78, 5) is 16.8. The van der Waals surface area contributed by atoms with E-state index in [9.17, 15) is 4.79 Å². The highest BCUT2D eigenvalue weighted by atomic mass is 32.1. The van der Waals surface area contributed by atoms with Gasteiger partial charge in [0.2, 0.25) is 6.79 Å². The lowest BCUT2D eigenvalue weighted by molar-refractivity contribution is 0.0935. The summed E-state index contributed by atoms with van der Waals surface area (Å²) in [6.07, 6.45) is 0. The molecule has 0 saturated heterocycles. The first-order valence-electron chi connectivity index (χ1n) is 8.52. The molecule has 1 atom stereocenters. The molecule has 0 aliphatic carbocycles. The van der Waals surface area contributed by atoms with Crippen molar-refractivity contribution in [3.8, 4) is 17.2 Å². The summed E-state index contributed by atoms with van der Waals surface area (Å²) in [5, 5.41) is 5.43. The lowest BCUT2D eigenvalue weighted by Crippen LogP contribution is -2.26. The van der Waals surface area contributed by atoms with Crippen LogP contribution < -0.4 is 19.5 Å². The van der Waals surface area contributed by atoms with Crippen molar-refractivity contribution in [1.82, 2.24) is 10.3 Å². The van der Waals surface area contributed by atoms with Crippen LogP contribution in [-0.4, -0.2) is 17.7 Å². The summed E-state index contributed by atoms with van der Waals surface area (Å²) < 4.78 is 16.4. The number of hydrogen-bond acceptors (Lipinski definition) is 6. The Hall–Kier alpha value is -3.06. The zero-order valence-electron chi connectivity index (χ0n) is 14.7. The molecule has 27 heavy (non-hydrogen) atoms. The fourth-order valence-corrected chi connectivity index (χ4v) is 3.37. The lowest BCUT2D eigenvalue weighted by atomic mass is 10.1. The lowest BCUT2D eigenvalue weighted by Gasteiger charge is -2.13. The predicted molar refractivity (Wildman–Crippen MR) is 101 cm³/mol. The van der Waals surface area contributed by atoms with Gasteiger partial charge in [-0.25, -0.2) is 4.98 Å². The summed E-state index contributed by atoms with van der Waals surface area (Å²) in [5.41, 5.74) is 1.44. The van der Waals surface area contributed by atoms with Crippen LogP contribution in [0, 0.1) is 0 Å². The van der Waals surface area contributed by atoms with Gasteiger partial charge in [0, 0.05) is 11.4 Å². The number of rotatable bonds is 6. The number of amides is 1. The molecule has 2 heterocycles. The van der Waals surface area contributed by atoms with Crippen molar-refractivity contribution in [2.24, 2.45) is 0 Å². The molecule has 0 saturated carbocycles. The number of nitrogens with one attached hydrogen (secondary N) is 1. The highest BCUT2D eigenvalue weighted by Crippen LogP contribution is 2.35. The number of hydrogen-bond donors (Lipinski definition) is 1. The first kappa shape index (κ1) is 17.4. The van der Waals surface area contributed by atoms with Crippen LogP contribution in [0.4, 0.5) is 0 Å². The molecule has 6 nitrogen and oxygen atoms in total. The fraction of sp³-hybridized carbons (Fsp3) is 0.200. The maximum absolute atomic E-state index is 12.4. The number of carbonyl (C=O) groups is 1. The maximum Gasteiger partial charge on any atom is 0.271 e. The molecular formula is C20H18N2O4S. The molecule has 1 aliphatic heterocycles. The summed E-state index contributed by atoms with van der Waals surface area (Å²) in [7, 11) is 0. The van der Waals surface area contributed by atoms with Gasteiger partial charge < -0.3 is 19.5 Å². The van der Waals surface area contributed by atoms with Crippen LogP contribution in [0.25, 0.3) is 0 Å². The number of fused-ring (bicyclic) bond motifs is 1. The fourth-order valence-electron chi connectivity index (χ4n) is 2.69. The largest absolute Gasteiger partial charge is 0.486 e. The average molecular weight is 382 g/mol. The first-order chi connectivity index (χ1) is 13.2. The SMILES string of the molecule is CC(NC(=O)c1csc(COc2ccc3c(c2)OCO3)n1)c1ccccc1. The number of carbonyl (C=O) groups excluding carboxylic acids is 1. The van der Waals surface area contributed by atoms with Crippen LogP contribution in [0.3, 0.4) is 0 Å². The molecule has 138 valence electrons. The minimum absolute atomic E-state index is 0.0891. The van der Waals surface area contributed by atoms with Crippen molar-refractivity contribution in [2.75, 3.05) is 6.79 Å². The van der Waals surface area contributed by atoms with Gasteiger partial charge in [-0.15, -0.1) is 11.3 Å². The zero-order chi connectivity index (χ0) is 18.6. The third-order valence-corrected chi connectivity index (χ3v) is 4.96. The van der Waals surface area contributed by atoms with Crippen LogP contribution in [0.2, 0.25) is 0 Å². The van der Waals surface area contributed by atoms with E-state index in [1.165, 1.54) is 11.3 Å². The van der Waals surface area contributed by atoms with Crippen LogP contribution in [-0.2, 0) is 6.61 Å². The Morgan fingerprint density at radius 1 is 1.22 bits per heavy atom. The minimum Gasteiger partial charge on any atom is -0.486 e. The van der Waals surface area contributed by atoms with E-state index in [2.05, 4.69) is 10.3 Å². The van der Waals surface area contributed by atoms with E-state index < -0.39 is 0 Å². The van der Waals surface area contributed by atoms with Crippen LogP contribution in [0.5, 0.6) is 17.2 Å². The van der Waals surface area contributed by atoms with E-state index in [4.69, 9.17) is 14.2 Å². The Morgan fingerprint density at radius 2 is 2.04 bits per heavy atom. The average Bonchev–Trinajstić information content (AvgIpc) is 3.36. The van der Waals surface area contributed by atoms with Gasteiger partial charge in [-0.2, -0.15) is 0 Å². The third kappa shape index (κ3) is 4.03. The molecule has 0 bridgehead atoms. The van der Waals surface area contributed by atoms with Crippen molar-refractivity contribution < 1.29 is 19.0 Å². The number of aromatic nitrogens is 1.